The lowest BCUT2D eigenvalue weighted by atomic mass is 10.1. The maximum Gasteiger partial charge on any atom is 0.319 e. The van der Waals surface area contributed by atoms with Gasteiger partial charge in [0.25, 0.3) is 5.91 Å². The van der Waals surface area contributed by atoms with Crippen molar-refractivity contribution in [2.45, 2.75) is 26.3 Å². The number of hydrogen-bond donors (Lipinski definition) is 3. The van der Waals surface area contributed by atoms with E-state index in [0.717, 1.165) is 39.1 Å². The second kappa shape index (κ2) is 11.4. The third-order valence-corrected chi connectivity index (χ3v) is 5.27. The molecule has 1 aliphatic heterocycles. The molecule has 1 heterocycles. The maximum absolute atomic E-state index is 12.6. The van der Waals surface area contributed by atoms with Crippen LogP contribution in [0.1, 0.15) is 30.6 Å². The molecule has 7 nitrogen and oxygen atoms in total. The van der Waals surface area contributed by atoms with Gasteiger partial charge in [0.2, 0.25) is 0 Å². The zero-order chi connectivity index (χ0) is 22.1. The summed E-state index contributed by atoms with van der Waals surface area (Å²) in [7, 11) is 0. The lowest BCUT2D eigenvalue weighted by Crippen LogP contribution is -2.47. The Hall–Kier alpha value is -3.06. The molecule has 3 N–H and O–H groups in total. The van der Waals surface area contributed by atoms with Crippen LogP contribution in [0.4, 0.5) is 16.2 Å². The van der Waals surface area contributed by atoms with Crippen LogP contribution >= 0.6 is 0 Å². The van der Waals surface area contributed by atoms with Crippen molar-refractivity contribution < 1.29 is 9.59 Å². The summed E-state index contributed by atoms with van der Waals surface area (Å²) in [5, 5.41) is 8.51. The maximum atomic E-state index is 12.6. The Morgan fingerprint density at radius 2 is 1.61 bits per heavy atom. The average Bonchev–Trinajstić information content (AvgIpc) is 2.77. The number of carbonyl (C=O) groups excluding carboxylic acids is 2. The van der Waals surface area contributed by atoms with Crippen molar-refractivity contribution in [1.29, 1.82) is 0 Å². The van der Waals surface area contributed by atoms with Gasteiger partial charge in [-0.3, -0.25) is 9.69 Å². The van der Waals surface area contributed by atoms with E-state index in [2.05, 4.69) is 50.0 Å². The smallest absolute Gasteiger partial charge is 0.319 e. The van der Waals surface area contributed by atoms with E-state index in [9.17, 15) is 9.59 Å². The molecule has 2 aromatic rings. The predicted molar refractivity (Wildman–Crippen MR) is 126 cm³/mol. The standard InChI is InChI=1S/C24H33N5O2/c1-19(2)26-24(31)27-22-12-7-6-11-21(22)23(30)25-13-8-14-28-15-17-29(18-16-28)20-9-4-3-5-10-20/h3-7,9-12,19H,8,13-18H2,1-2H3,(H,25,30)(H2,26,27,31). The van der Waals surface area contributed by atoms with E-state index in [0.29, 0.717) is 17.8 Å². The first-order chi connectivity index (χ1) is 15.0. The van der Waals surface area contributed by atoms with E-state index in [1.807, 2.05) is 19.9 Å². The topological polar surface area (TPSA) is 76.7 Å². The van der Waals surface area contributed by atoms with Gasteiger partial charge in [-0.15, -0.1) is 0 Å². The van der Waals surface area contributed by atoms with Gasteiger partial charge < -0.3 is 20.9 Å². The zero-order valence-corrected chi connectivity index (χ0v) is 18.4. The number of hydrogen-bond acceptors (Lipinski definition) is 4. The number of anilines is 2. The van der Waals surface area contributed by atoms with Gasteiger partial charge in [-0.05, 0) is 51.1 Å². The summed E-state index contributed by atoms with van der Waals surface area (Å²) in [5.74, 6) is -0.172. The van der Waals surface area contributed by atoms with Gasteiger partial charge in [0, 0.05) is 44.5 Å². The number of para-hydroxylation sites is 2. The third kappa shape index (κ3) is 7.00. The highest BCUT2D eigenvalue weighted by molar-refractivity contribution is 6.03. The van der Waals surface area contributed by atoms with E-state index in [1.165, 1.54) is 5.69 Å². The van der Waals surface area contributed by atoms with E-state index in [4.69, 9.17) is 0 Å². The van der Waals surface area contributed by atoms with Gasteiger partial charge in [-0.2, -0.15) is 0 Å². The van der Waals surface area contributed by atoms with Crippen LogP contribution in [0.15, 0.2) is 54.6 Å². The molecule has 1 fully saturated rings. The molecule has 0 aliphatic carbocycles. The number of carbonyl (C=O) groups is 2. The number of rotatable bonds is 8. The van der Waals surface area contributed by atoms with Crippen molar-refractivity contribution in [1.82, 2.24) is 15.5 Å². The molecule has 0 bridgehead atoms. The Bertz CT molecular complexity index is 848. The Kier molecular flexibility index (Phi) is 8.29. The van der Waals surface area contributed by atoms with Crippen LogP contribution in [-0.2, 0) is 0 Å². The Labute approximate surface area is 184 Å². The molecule has 1 saturated heterocycles. The zero-order valence-electron chi connectivity index (χ0n) is 18.4. The monoisotopic (exact) mass is 423 g/mol. The largest absolute Gasteiger partial charge is 0.369 e. The quantitative estimate of drug-likeness (QED) is 0.570. The highest BCUT2D eigenvalue weighted by Crippen LogP contribution is 2.16. The summed E-state index contributed by atoms with van der Waals surface area (Å²) in [4.78, 5) is 29.5. The van der Waals surface area contributed by atoms with Crippen molar-refractivity contribution >= 4 is 23.3 Å². The minimum atomic E-state index is -0.315. The van der Waals surface area contributed by atoms with Crippen molar-refractivity contribution in [2.24, 2.45) is 0 Å². The van der Waals surface area contributed by atoms with Crippen molar-refractivity contribution in [3.63, 3.8) is 0 Å². The van der Waals surface area contributed by atoms with Gasteiger partial charge >= 0.3 is 6.03 Å². The molecule has 0 spiro atoms. The highest BCUT2D eigenvalue weighted by Gasteiger charge is 2.17. The van der Waals surface area contributed by atoms with Gasteiger partial charge in [-0.25, -0.2) is 4.79 Å². The first-order valence-electron chi connectivity index (χ1n) is 11.0. The van der Waals surface area contributed by atoms with E-state index in [1.54, 1.807) is 24.3 Å². The summed E-state index contributed by atoms with van der Waals surface area (Å²) in [6, 6.07) is 17.3. The first-order valence-corrected chi connectivity index (χ1v) is 11.0. The molecular formula is C24H33N5O2. The number of benzene rings is 2. The molecule has 31 heavy (non-hydrogen) atoms. The predicted octanol–water partition coefficient (Wildman–Crippen LogP) is 3.16. The molecule has 0 unspecified atom stereocenters. The molecule has 166 valence electrons. The number of urea groups is 1. The normalized spacial score (nSPS) is 14.4. The number of nitrogens with one attached hydrogen (secondary N) is 3. The first kappa shape index (κ1) is 22.6. The number of amides is 3. The van der Waals surface area contributed by atoms with Crippen LogP contribution in [-0.4, -0.2) is 62.1 Å². The second-order valence-corrected chi connectivity index (χ2v) is 8.07. The summed E-state index contributed by atoms with van der Waals surface area (Å²) in [6.45, 7) is 9.44. The fourth-order valence-corrected chi connectivity index (χ4v) is 3.68. The van der Waals surface area contributed by atoms with Crippen molar-refractivity contribution in [3.8, 4) is 0 Å². The van der Waals surface area contributed by atoms with Gasteiger partial charge in [0.15, 0.2) is 0 Å². The van der Waals surface area contributed by atoms with Gasteiger partial charge in [-0.1, -0.05) is 30.3 Å². The van der Waals surface area contributed by atoms with E-state index < -0.39 is 0 Å². The fraction of sp³-hybridized carbons (Fsp3) is 0.417. The molecule has 2 aromatic carbocycles. The van der Waals surface area contributed by atoms with Crippen LogP contribution in [0, 0.1) is 0 Å². The number of nitrogens with zero attached hydrogens (tertiary/aromatic N) is 2. The highest BCUT2D eigenvalue weighted by atomic mass is 16.2. The summed E-state index contributed by atoms with van der Waals surface area (Å²) < 4.78 is 0. The fourth-order valence-electron chi connectivity index (χ4n) is 3.68. The average molecular weight is 424 g/mol. The molecule has 1 aliphatic rings. The molecule has 3 rings (SSSR count). The molecule has 3 amide bonds. The van der Waals surface area contributed by atoms with Crippen LogP contribution < -0.4 is 20.9 Å². The molecular weight excluding hydrogens is 390 g/mol. The minimum Gasteiger partial charge on any atom is -0.369 e. The lowest BCUT2D eigenvalue weighted by Gasteiger charge is -2.36. The molecule has 0 radical (unpaired) electrons. The van der Waals surface area contributed by atoms with E-state index in [-0.39, 0.29) is 18.0 Å². The third-order valence-electron chi connectivity index (χ3n) is 5.27. The van der Waals surface area contributed by atoms with Crippen LogP contribution in [0.25, 0.3) is 0 Å². The molecule has 0 saturated carbocycles. The summed E-state index contributed by atoms with van der Waals surface area (Å²) in [6.07, 6.45) is 0.889. The Morgan fingerprint density at radius 1 is 0.935 bits per heavy atom. The summed E-state index contributed by atoms with van der Waals surface area (Å²) >= 11 is 0. The SMILES string of the molecule is CC(C)NC(=O)Nc1ccccc1C(=O)NCCCN1CCN(c2ccccc2)CC1. The Morgan fingerprint density at radius 3 is 2.32 bits per heavy atom. The molecule has 7 heteroatoms. The van der Waals surface area contributed by atoms with Crippen LogP contribution in [0.5, 0.6) is 0 Å². The van der Waals surface area contributed by atoms with Gasteiger partial charge in [0.05, 0.1) is 11.3 Å². The van der Waals surface area contributed by atoms with Crippen LogP contribution in [0.3, 0.4) is 0 Å². The second-order valence-electron chi connectivity index (χ2n) is 8.07. The van der Waals surface area contributed by atoms with Crippen LogP contribution in [0.2, 0.25) is 0 Å². The minimum absolute atomic E-state index is 0.0237. The summed E-state index contributed by atoms with van der Waals surface area (Å²) in [5.41, 5.74) is 2.26. The Balaban J connectivity index is 1.40. The van der Waals surface area contributed by atoms with Gasteiger partial charge in [0.1, 0.15) is 0 Å². The molecule has 0 atom stereocenters. The van der Waals surface area contributed by atoms with E-state index >= 15 is 0 Å². The lowest BCUT2D eigenvalue weighted by molar-refractivity contribution is 0.0952. The molecule has 0 aromatic heterocycles. The van der Waals surface area contributed by atoms with Crippen molar-refractivity contribution in [2.75, 3.05) is 49.5 Å². The van der Waals surface area contributed by atoms with Crippen molar-refractivity contribution in [3.05, 3.63) is 60.2 Å². The number of piperazine rings is 1.